The van der Waals surface area contributed by atoms with Crippen LogP contribution in [0.15, 0.2) is 0 Å². The van der Waals surface area contributed by atoms with Gasteiger partial charge in [0.2, 0.25) is 5.91 Å². The number of carbonyl (C=O) groups is 2. The average molecular weight is 254 g/mol. The lowest BCUT2D eigenvalue weighted by molar-refractivity contribution is -0.141. The molecule has 0 bridgehead atoms. The fraction of sp³-hybridized carbons (Fsp3) is 0.846. The Morgan fingerprint density at radius 1 is 1.33 bits per heavy atom. The van der Waals surface area contributed by atoms with Gasteiger partial charge in [0, 0.05) is 12.5 Å². The molecule has 1 amide bonds. The molecular formula is C13H22N2O3. The number of hydrogen-bond acceptors (Lipinski definition) is 3. The van der Waals surface area contributed by atoms with Gasteiger partial charge in [-0.1, -0.05) is 6.42 Å². The molecule has 5 nitrogen and oxygen atoms in total. The van der Waals surface area contributed by atoms with Crippen LogP contribution in [0.2, 0.25) is 0 Å². The molecule has 0 aromatic heterocycles. The number of carboxylic acids is 1. The molecule has 102 valence electrons. The Kier molecular flexibility index (Phi) is 3.90. The van der Waals surface area contributed by atoms with Gasteiger partial charge in [-0.15, -0.1) is 0 Å². The van der Waals surface area contributed by atoms with Crippen molar-refractivity contribution in [2.45, 2.75) is 51.0 Å². The first-order chi connectivity index (χ1) is 8.54. The summed E-state index contributed by atoms with van der Waals surface area (Å²) in [4.78, 5) is 22.8. The summed E-state index contributed by atoms with van der Waals surface area (Å²) in [5, 5.41) is 11.9. The summed E-state index contributed by atoms with van der Waals surface area (Å²) in [7, 11) is 0. The number of aliphatic carboxylic acids is 1. The Morgan fingerprint density at radius 2 is 2.06 bits per heavy atom. The molecule has 0 unspecified atom stereocenters. The zero-order valence-corrected chi connectivity index (χ0v) is 10.7. The maximum Gasteiger partial charge on any atom is 0.306 e. The zero-order valence-electron chi connectivity index (χ0n) is 10.7. The highest BCUT2D eigenvalue weighted by molar-refractivity contribution is 5.77. The number of nitrogens with two attached hydrogens (primary N) is 1. The van der Waals surface area contributed by atoms with Crippen molar-refractivity contribution in [3.63, 3.8) is 0 Å². The number of carbonyl (C=O) groups excluding carboxylic acids is 1. The van der Waals surface area contributed by atoms with E-state index in [1.54, 1.807) is 0 Å². The highest BCUT2D eigenvalue weighted by atomic mass is 16.4. The molecular weight excluding hydrogens is 232 g/mol. The molecule has 0 spiro atoms. The van der Waals surface area contributed by atoms with Crippen molar-refractivity contribution < 1.29 is 14.7 Å². The molecule has 2 atom stereocenters. The van der Waals surface area contributed by atoms with E-state index in [0.717, 1.165) is 25.7 Å². The van der Waals surface area contributed by atoms with E-state index in [1.165, 1.54) is 0 Å². The molecule has 0 aliphatic heterocycles. The van der Waals surface area contributed by atoms with Crippen LogP contribution in [0.25, 0.3) is 0 Å². The summed E-state index contributed by atoms with van der Waals surface area (Å²) < 4.78 is 0. The summed E-state index contributed by atoms with van der Waals surface area (Å²) in [5.74, 6) is -0.997. The Balaban J connectivity index is 1.77. The van der Waals surface area contributed by atoms with Gasteiger partial charge in [-0.2, -0.15) is 0 Å². The molecule has 0 aromatic rings. The van der Waals surface area contributed by atoms with Crippen molar-refractivity contribution in [1.82, 2.24) is 5.32 Å². The third kappa shape index (κ3) is 2.83. The zero-order chi connectivity index (χ0) is 13.2. The largest absolute Gasteiger partial charge is 0.481 e. The maximum absolute atomic E-state index is 11.9. The lowest BCUT2D eigenvalue weighted by atomic mass is 9.66. The predicted molar refractivity (Wildman–Crippen MR) is 66.9 cm³/mol. The number of nitrogens with one attached hydrogen (secondary N) is 1. The topological polar surface area (TPSA) is 92.4 Å². The molecule has 18 heavy (non-hydrogen) atoms. The first-order valence-corrected chi connectivity index (χ1v) is 6.77. The van der Waals surface area contributed by atoms with Crippen LogP contribution >= 0.6 is 0 Å². The fourth-order valence-electron chi connectivity index (χ4n) is 3.09. The van der Waals surface area contributed by atoms with Gasteiger partial charge in [0.25, 0.3) is 0 Å². The van der Waals surface area contributed by atoms with E-state index in [-0.39, 0.29) is 23.3 Å². The summed E-state index contributed by atoms with van der Waals surface area (Å²) in [5.41, 5.74) is 5.75. The van der Waals surface area contributed by atoms with Crippen LogP contribution in [0.3, 0.4) is 0 Å². The highest BCUT2D eigenvalue weighted by Crippen LogP contribution is 2.42. The first kappa shape index (κ1) is 13.3. The molecule has 5 heteroatoms. The normalized spacial score (nSPS) is 29.6. The summed E-state index contributed by atoms with van der Waals surface area (Å²) in [6.45, 7) is 0.572. The van der Waals surface area contributed by atoms with Crippen LogP contribution in [0.5, 0.6) is 0 Å². The van der Waals surface area contributed by atoms with Crippen LogP contribution in [-0.4, -0.2) is 29.6 Å². The number of hydrogen-bond donors (Lipinski definition) is 3. The Bertz CT molecular complexity index is 334. The molecule has 2 saturated carbocycles. The fourth-order valence-corrected chi connectivity index (χ4v) is 3.09. The maximum atomic E-state index is 11.9. The quantitative estimate of drug-likeness (QED) is 0.679. The van der Waals surface area contributed by atoms with Crippen LogP contribution in [0, 0.1) is 11.3 Å². The molecule has 0 radical (unpaired) electrons. The van der Waals surface area contributed by atoms with Crippen LogP contribution in [0.1, 0.15) is 44.9 Å². The van der Waals surface area contributed by atoms with Crippen molar-refractivity contribution in [3.05, 3.63) is 0 Å². The molecule has 4 N–H and O–H groups in total. The lowest BCUT2D eigenvalue weighted by Gasteiger charge is -2.40. The first-order valence-electron chi connectivity index (χ1n) is 6.77. The second kappa shape index (κ2) is 5.26. The van der Waals surface area contributed by atoms with Crippen molar-refractivity contribution in [2.75, 3.05) is 6.54 Å². The molecule has 0 aromatic carbocycles. The van der Waals surface area contributed by atoms with Gasteiger partial charge in [0.1, 0.15) is 0 Å². The average Bonchev–Trinajstić information content (AvgIpc) is 2.72. The SMILES string of the molecule is NCC1(CC(=O)N[C@H]2CC[C@@H](C(=O)O)C2)CCC1. The minimum atomic E-state index is -0.746. The number of carboxylic acid groups (broad SMARTS) is 1. The van der Waals surface area contributed by atoms with Gasteiger partial charge in [-0.25, -0.2) is 0 Å². The molecule has 0 heterocycles. The number of rotatable bonds is 5. The van der Waals surface area contributed by atoms with Crippen LogP contribution < -0.4 is 11.1 Å². The Hall–Kier alpha value is -1.10. The van der Waals surface area contributed by atoms with E-state index in [2.05, 4.69) is 5.32 Å². The van der Waals surface area contributed by atoms with E-state index < -0.39 is 5.97 Å². The highest BCUT2D eigenvalue weighted by Gasteiger charge is 2.38. The van der Waals surface area contributed by atoms with Gasteiger partial charge >= 0.3 is 5.97 Å². The monoisotopic (exact) mass is 254 g/mol. The third-order valence-corrected chi connectivity index (χ3v) is 4.53. The third-order valence-electron chi connectivity index (χ3n) is 4.53. The molecule has 0 saturated heterocycles. The molecule has 2 aliphatic carbocycles. The van der Waals surface area contributed by atoms with E-state index in [1.807, 2.05) is 0 Å². The minimum Gasteiger partial charge on any atom is -0.481 e. The van der Waals surface area contributed by atoms with Gasteiger partial charge in [0.15, 0.2) is 0 Å². The van der Waals surface area contributed by atoms with Gasteiger partial charge < -0.3 is 16.2 Å². The van der Waals surface area contributed by atoms with E-state index in [4.69, 9.17) is 10.8 Å². The second-order valence-electron chi connectivity index (χ2n) is 5.85. The Morgan fingerprint density at radius 3 is 2.50 bits per heavy atom. The summed E-state index contributed by atoms with van der Waals surface area (Å²) >= 11 is 0. The standard InChI is InChI=1S/C13H22N2O3/c14-8-13(4-1-5-13)7-11(16)15-10-3-2-9(6-10)12(17)18/h9-10H,1-8,14H2,(H,15,16)(H,17,18)/t9-,10+/m1/s1. The van der Waals surface area contributed by atoms with E-state index in [0.29, 0.717) is 25.8 Å². The Labute approximate surface area is 107 Å². The van der Waals surface area contributed by atoms with Crippen LogP contribution in [-0.2, 0) is 9.59 Å². The summed E-state index contributed by atoms with van der Waals surface area (Å²) in [6, 6.07) is 0.0356. The minimum absolute atomic E-state index is 0.0227. The van der Waals surface area contributed by atoms with Crippen LogP contribution in [0.4, 0.5) is 0 Å². The van der Waals surface area contributed by atoms with Gasteiger partial charge in [-0.05, 0) is 44.1 Å². The molecule has 2 aliphatic rings. The van der Waals surface area contributed by atoms with Gasteiger partial charge in [0.05, 0.1) is 5.92 Å². The molecule has 2 fully saturated rings. The van der Waals surface area contributed by atoms with E-state index >= 15 is 0 Å². The number of amides is 1. The van der Waals surface area contributed by atoms with Crippen molar-refractivity contribution in [2.24, 2.45) is 17.1 Å². The van der Waals surface area contributed by atoms with Crippen molar-refractivity contribution >= 4 is 11.9 Å². The smallest absolute Gasteiger partial charge is 0.306 e. The lowest BCUT2D eigenvalue weighted by Crippen LogP contribution is -2.43. The van der Waals surface area contributed by atoms with Gasteiger partial charge in [-0.3, -0.25) is 9.59 Å². The molecule has 2 rings (SSSR count). The summed E-state index contributed by atoms with van der Waals surface area (Å²) in [6.07, 6.45) is 5.75. The van der Waals surface area contributed by atoms with Crippen molar-refractivity contribution in [1.29, 1.82) is 0 Å². The second-order valence-corrected chi connectivity index (χ2v) is 5.85. The van der Waals surface area contributed by atoms with E-state index in [9.17, 15) is 9.59 Å². The predicted octanol–water partition coefficient (Wildman–Crippen LogP) is 0.875. The van der Waals surface area contributed by atoms with Crippen molar-refractivity contribution in [3.8, 4) is 0 Å².